The van der Waals surface area contributed by atoms with Crippen LogP contribution >= 0.6 is 0 Å². The summed E-state index contributed by atoms with van der Waals surface area (Å²) < 4.78 is 55.9. The Morgan fingerprint density at radius 1 is 0.683 bits per heavy atom. The van der Waals surface area contributed by atoms with Crippen molar-refractivity contribution in [3.63, 3.8) is 0 Å². The Morgan fingerprint density at radius 3 is 1.79 bits per heavy atom. The summed E-state index contributed by atoms with van der Waals surface area (Å²) >= 11 is 0. The molecule has 0 spiro atoms. The molecule has 8 nitrogen and oxygen atoms in total. The second-order valence-corrected chi connectivity index (χ2v) is 18.0. The fourth-order valence-corrected chi connectivity index (χ4v) is 12.1. The van der Waals surface area contributed by atoms with Crippen LogP contribution in [0.4, 0.5) is 22.8 Å². The molecule has 11 rings (SSSR count). The maximum atomic E-state index is 14.5. The van der Waals surface area contributed by atoms with Gasteiger partial charge in [0, 0.05) is 36.9 Å². The maximum absolute atomic E-state index is 14.5. The first-order valence-corrected chi connectivity index (χ1v) is 22.5. The Hall–Kier alpha value is -5.94. The monoisotopic (exact) mass is 850 g/mol. The molecule has 0 saturated carbocycles. The van der Waals surface area contributed by atoms with Crippen LogP contribution in [0.3, 0.4) is 0 Å². The summed E-state index contributed by atoms with van der Waals surface area (Å²) in [4.78, 5) is 38.2. The molecule has 5 aliphatic rings. The first-order valence-electron chi connectivity index (χ1n) is 22.5. The van der Waals surface area contributed by atoms with E-state index in [0.717, 1.165) is 73.2 Å². The van der Waals surface area contributed by atoms with Crippen molar-refractivity contribution in [2.24, 2.45) is 11.8 Å². The van der Waals surface area contributed by atoms with Gasteiger partial charge in [0.25, 0.3) is 0 Å². The molecule has 3 aliphatic heterocycles. The van der Waals surface area contributed by atoms with Gasteiger partial charge in [-0.15, -0.1) is 0 Å². The summed E-state index contributed by atoms with van der Waals surface area (Å²) in [6.45, 7) is 3.02. The summed E-state index contributed by atoms with van der Waals surface area (Å²) in [5.41, 5.74) is 8.40. The van der Waals surface area contributed by atoms with Crippen molar-refractivity contribution >= 4 is 23.2 Å². The molecule has 0 unspecified atom stereocenters. The Labute approximate surface area is 364 Å². The number of carbonyl (C=O) groups is 2. The van der Waals surface area contributed by atoms with Gasteiger partial charge in [-0.2, -0.15) is 13.2 Å². The minimum absolute atomic E-state index is 0.0167. The van der Waals surface area contributed by atoms with E-state index in [-0.39, 0.29) is 54.1 Å². The van der Waals surface area contributed by atoms with Crippen molar-refractivity contribution in [2.75, 3.05) is 32.8 Å². The maximum Gasteiger partial charge on any atom is 0.420 e. The predicted molar refractivity (Wildman–Crippen MR) is 235 cm³/mol. The van der Waals surface area contributed by atoms with Gasteiger partial charge < -0.3 is 14.4 Å². The van der Waals surface area contributed by atoms with E-state index in [2.05, 4.69) is 41.3 Å². The first-order chi connectivity index (χ1) is 30.7. The van der Waals surface area contributed by atoms with Crippen molar-refractivity contribution in [1.29, 1.82) is 0 Å². The fourth-order valence-electron chi connectivity index (χ4n) is 12.1. The highest BCUT2D eigenvalue weighted by molar-refractivity contribution is 5.88. The van der Waals surface area contributed by atoms with Crippen molar-refractivity contribution in [3.05, 3.63) is 149 Å². The smallest absolute Gasteiger partial charge is 0.420 e. The molecule has 0 N–H and O–H groups in total. The molecule has 0 radical (unpaired) electrons. The molecule has 63 heavy (non-hydrogen) atoms. The van der Waals surface area contributed by atoms with Crippen molar-refractivity contribution in [3.8, 4) is 22.3 Å². The van der Waals surface area contributed by atoms with Gasteiger partial charge in [0.05, 0.1) is 16.6 Å². The summed E-state index contributed by atoms with van der Waals surface area (Å²) in [7, 11) is 0. The van der Waals surface area contributed by atoms with Crippen molar-refractivity contribution in [2.45, 2.75) is 75.0 Å². The van der Waals surface area contributed by atoms with Gasteiger partial charge >= 0.3 is 18.4 Å². The van der Waals surface area contributed by atoms with Crippen LogP contribution < -0.4 is 0 Å². The lowest BCUT2D eigenvalue weighted by Gasteiger charge is -2.57. The molecule has 1 amide bonds. The molecule has 11 heteroatoms. The van der Waals surface area contributed by atoms with Gasteiger partial charge in [0.2, 0.25) is 0 Å². The highest BCUT2D eigenvalue weighted by Gasteiger charge is 2.50. The van der Waals surface area contributed by atoms with E-state index in [9.17, 15) is 22.8 Å². The zero-order valence-electron chi connectivity index (χ0n) is 35.0. The van der Waals surface area contributed by atoms with E-state index in [1.807, 2.05) is 65.6 Å². The number of rotatable bonds is 8. The van der Waals surface area contributed by atoms with Crippen LogP contribution in [-0.4, -0.2) is 76.5 Å². The SMILES string of the molecule is O=C(OCC1c2ccccc2-c2ccccc21)N1C[C@@H]2CCCN3CCC[C@@H]([C@H]23)[C@H]1CCCc1nc2ccc(C(F)(F)F)cc2n1C(=O)OCC1c2ccccc2-c2ccccc21. The number of alkyl halides is 3. The minimum Gasteiger partial charge on any atom is -0.448 e. The van der Waals surface area contributed by atoms with E-state index in [1.165, 1.54) is 32.9 Å². The summed E-state index contributed by atoms with van der Waals surface area (Å²) in [5.74, 6) is 0.681. The number of imidazole rings is 1. The molecule has 3 saturated heterocycles. The van der Waals surface area contributed by atoms with Gasteiger partial charge in [0.1, 0.15) is 19.0 Å². The Balaban J connectivity index is 0.860. The van der Waals surface area contributed by atoms with Crippen LogP contribution in [0.2, 0.25) is 0 Å². The average Bonchev–Trinajstić information content (AvgIpc) is 3.95. The number of aryl methyl sites for hydroxylation is 1. The molecule has 4 atom stereocenters. The van der Waals surface area contributed by atoms with E-state index in [0.29, 0.717) is 43.6 Å². The van der Waals surface area contributed by atoms with Gasteiger partial charge in [0.15, 0.2) is 0 Å². The number of nitrogens with zero attached hydrogens (tertiary/aromatic N) is 4. The number of benzene rings is 5. The minimum atomic E-state index is -4.61. The van der Waals surface area contributed by atoms with Crippen molar-refractivity contribution in [1.82, 2.24) is 19.4 Å². The van der Waals surface area contributed by atoms with Gasteiger partial charge in [-0.3, -0.25) is 4.90 Å². The molecular weight excluding hydrogens is 802 g/mol. The largest absolute Gasteiger partial charge is 0.448 e. The summed E-state index contributed by atoms with van der Waals surface area (Å²) in [6, 6.07) is 36.3. The lowest BCUT2D eigenvalue weighted by molar-refractivity contribution is -0.137. The van der Waals surface area contributed by atoms with E-state index >= 15 is 0 Å². The van der Waals surface area contributed by atoms with Crippen LogP contribution in [0.15, 0.2) is 115 Å². The van der Waals surface area contributed by atoms with Crippen LogP contribution in [0.1, 0.15) is 84.0 Å². The third-order valence-corrected chi connectivity index (χ3v) is 14.7. The van der Waals surface area contributed by atoms with Gasteiger partial charge in [-0.1, -0.05) is 97.1 Å². The lowest BCUT2D eigenvalue weighted by atomic mass is 9.69. The Kier molecular flexibility index (Phi) is 10.1. The van der Waals surface area contributed by atoms with Crippen LogP contribution in [0.5, 0.6) is 0 Å². The quantitative estimate of drug-likeness (QED) is 0.152. The van der Waals surface area contributed by atoms with E-state index < -0.39 is 17.8 Å². The number of ether oxygens (including phenoxy) is 2. The Morgan fingerprint density at radius 2 is 1.22 bits per heavy atom. The average molecular weight is 851 g/mol. The van der Waals surface area contributed by atoms with Crippen LogP contribution in [-0.2, 0) is 22.1 Å². The second-order valence-electron chi connectivity index (χ2n) is 18.0. The summed E-state index contributed by atoms with van der Waals surface area (Å²) in [5, 5.41) is 0. The standard InChI is InChI=1S/C52H49F3N4O4/c53-52(54,55)33-24-25-45-47(28-33)59(51(61)63-31-44-40-19-7-3-15-36(40)37-16-4-8-20-41(37)44)48(56-45)23-9-22-46-42-21-11-27-57-26-10-12-32(49(42)57)29-58(46)50(60)62-30-43-38-17-5-1-13-34(38)35-14-2-6-18-39(35)43/h1-8,13-20,24-25,28,32,42-44,46,49H,9-12,21-23,26-27,29-31H2/t32-,42+,46+,49-/m0/s1. The molecule has 4 heterocycles. The molecule has 1 aromatic heterocycles. The number of fused-ring (bicyclic) bond motifs is 7. The van der Waals surface area contributed by atoms with Crippen LogP contribution in [0, 0.1) is 11.8 Å². The number of carbonyl (C=O) groups excluding carboxylic acids is 2. The van der Waals surface area contributed by atoms with Gasteiger partial charge in [-0.05, 0) is 126 Å². The van der Waals surface area contributed by atoms with E-state index in [4.69, 9.17) is 14.5 Å². The fraction of sp³-hybridized carbons (Fsp3) is 0.365. The molecule has 2 aliphatic carbocycles. The highest BCUT2D eigenvalue weighted by atomic mass is 19.4. The van der Waals surface area contributed by atoms with Gasteiger partial charge in [-0.25, -0.2) is 19.1 Å². The highest BCUT2D eigenvalue weighted by Crippen LogP contribution is 2.47. The number of hydrogen-bond donors (Lipinski definition) is 0. The number of likely N-dealkylation sites (tertiary alicyclic amines) is 1. The number of halogens is 3. The second kappa shape index (κ2) is 16.0. The normalized spacial score (nSPS) is 21.7. The number of hydrogen-bond acceptors (Lipinski definition) is 6. The zero-order chi connectivity index (χ0) is 42.8. The van der Waals surface area contributed by atoms with Crippen molar-refractivity contribution < 1.29 is 32.2 Å². The molecule has 3 fully saturated rings. The predicted octanol–water partition coefficient (Wildman–Crippen LogP) is 11.3. The molecule has 0 bridgehead atoms. The lowest BCUT2D eigenvalue weighted by Crippen LogP contribution is -2.65. The van der Waals surface area contributed by atoms with E-state index in [1.54, 1.807) is 0 Å². The summed E-state index contributed by atoms with van der Waals surface area (Å²) in [6.07, 6.45) is 0.0642. The third kappa shape index (κ3) is 6.99. The number of aromatic nitrogens is 2. The molecule has 322 valence electrons. The first kappa shape index (κ1) is 39.9. The zero-order valence-corrected chi connectivity index (χ0v) is 35.0. The number of amides is 1. The third-order valence-electron chi connectivity index (χ3n) is 14.7. The molecule has 6 aromatic rings. The topological polar surface area (TPSA) is 76.9 Å². The van der Waals surface area contributed by atoms with Crippen LogP contribution in [0.25, 0.3) is 33.3 Å². The Bertz CT molecular complexity index is 2640. The molecular formula is C52H49F3N4O4. The number of piperidine rings is 3. The molecule has 5 aromatic carbocycles.